The summed E-state index contributed by atoms with van der Waals surface area (Å²) in [6, 6.07) is 14.4. The lowest BCUT2D eigenvalue weighted by molar-refractivity contribution is -0.131. The first-order valence-electron chi connectivity index (χ1n) is 12.6. The molecule has 36 heavy (non-hydrogen) atoms. The average Bonchev–Trinajstić information content (AvgIpc) is 3.03. The minimum Gasteiger partial charge on any atom is -0.497 e. The van der Waals surface area contributed by atoms with E-state index in [9.17, 15) is 13.2 Å². The molecular weight excluding hydrogens is 476 g/mol. The molecule has 1 N–H and O–H groups in total. The van der Waals surface area contributed by atoms with Crippen LogP contribution in [0.2, 0.25) is 0 Å². The summed E-state index contributed by atoms with van der Waals surface area (Å²) in [5, 5.41) is 0. The van der Waals surface area contributed by atoms with Crippen LogP contribution in [0.25, 0.3) is 5.57 Å². The quantitative estimate of drug-likeness (QED) is 0.593. The summed E-state index contributed by atoms with van der Waals surface area (Å²) >= 11 is 0. The number of piperidine rings is 1. The lowest BCUT2D eigenvalue weighted by atomic mass is 9.80. The van der Waals surface area contributed by atoms with E-state index in [1.54, 1.807) is 7.11 Å². The molecule has 4 rings (SSSR count). The Morgan fingerprint density at radius 2 is 1.78 bits per heavy atom. The van der Waals surface area contributed by atoms with Crippen LogP contribution < -0.4 is 14.2 Å². The number of rotatable bonds is 7. The van der Waals surface area contributed by atoms with E-state index in [2.05, 4.69) is 21.8 Å². The molecule has 0 radical (unpaired) electrons. The van der Waals surface area contributed by atoms with Gasteiger partial charge in [-0.3, -0.25) is 9.52 Å². The fraction of sp³-hybridized carbons (Fsp3) is 0.464. The summed E-state index contributed by atoms with van der Waals surface area (Å²) in [7, 11) is -1.93. The Labute approximate surface area is 214 Å². The monoisotopic (exact) mass is 512 g/mol. The van der Waals surface area contributed by atoms with E-state index in [0.29, 0.717) is 26.0 Å². The summed E-state index contributed by atoms with van der Waals surface area (Å²) in [6.07, 6.45) is 3.92. The molecule has 2 aliphatic rings. The number of likely N-dealkylation sites (tertiary alicyclic amines) is 1. The van der Waals surface area contributed by atoms with Crippen molar-refractivity contribution in [1.29, 1.82) is 0 Å². The zero-order chi connectivity index (χ0) is 25.9. The Balaban J connectivity index is 1.63. The third-order valence-electron chi connectivity index (χ3n) is 7.57. The van der Waals surface area contributed by atoms with Crippen molar-refractivity contribution in [3.8, 4) is 11.5 Å². The van der Waals surface area contributed by atoms with E-state index in [1.165, 1.54) is 16.7 Å². The van der Waals surface area contributed by atoms with Crippen molar-refractivity contribution >= 4 is 21.5 Å². The topological polar surface area (TPSA) is 84.9 Å². The molecule has 7 nitrogen and oxygen atoms in total. The molecule has 1 amide bonds. The summed E-state index contributed by atoms with van der Waals surface area (Å²) < 4.78 is 37.3. The van der Waals surface area contributed by atoms with Gasteiger partial charge in [0.1, 0.15) is 18.1 Å². The van der Waals surface area contributed by atoms with Gasteiger partial charge < -0.3 is 14.4 Å². The summed E-state index contributed by atoms with van der Waals surface area (Å²) in [5.74, 6) is 1.29. The third-order valence-corrected chi connectivity index (χ3v) is 8.13. The van der Waals surface area contributed by atoms with Crippen molar-refractivity contribution in [1.82, 2.24) is 9.62 Å². The average molecular weight is 513 g/mol. The predicted octanol–water partition coefficient (Wildman–Crippen LogP) is 4.37. The molecule has 2 aliphatic heterocycles. The van der Waals surface area contributed by atoms with Gasteiger partial charge in [-0.15, -0.1) is 0 Å². The minimum atomic E-state index is -3.60. The molecule has 0 aliphatic carbocycles. The molecule has 2 aromatic rings. The number of methoxy groups -OCH3 is 1. The Morgan fingerprint density at radius 1 is 1.08 bits per heavy atom. The standard InChI is InChI=1S/C28H36N2O5S/c1-5-28(6-2,27(31)29-36(4,32)33)19-30-15-13-20(14-16-30)26-23-12-11-22(34-3)17-21(23)18-35-25-10-8-7-9-24(25)26/h7-12,17H,5-6,13-16,18-19H2,1-4H3,(H,29,31). The molecule has 2 aromatic carbocycles. The van der Waals surface area contributed by atoms with Gasteiger partial charge in [0.15, 0.2) is 0 Å². The molecule has 0 spiro atoms. The Bertz CT molecular complexity index is 1250. The van der Waals surface area contributed by atoms with Crippen LogP contribution in [0.5, 0.6) is 11.5 Å². The predicted molar refractivity (Wildman–Crippen MR) is 141 cm³/mol. The van der Waals surface area contributed by atoms with Gasteiger partial charge in [0.25, 0.3) is 0 Å². The van der Waals surface area contributed by atoms with E-state index in [4.69, 9.17) is 9.47 Å². The highest BCUT2D eigenvalue weighted by atomic mass is 32.2. The number of benzene rings is 2. The fourth-order valence-electron chi connectivity index (χ4n) is 5.34. The van der Waals surface area contributed by atoms with Crippen LogP contribution in [0.15, 0.2) is 48.0 Å². The van der Waals surface area contributed by atoms with Gasteiger partial charge in [0.05, 0.1) is 18.8 Å². The van der Waals surface area contributed by atoms with Gasteiger partial charge in [0.2, 0.25) is 15.9 Å². The van der Waals surface area contributed by atoms with Crippen LogP contribution in [0, 0.1) is 5.41 Å². The van der Waals surface area contributed by atoms with Gasteiger partial charge in [-0.2, -0.15) is 0 Å². The maximum Gasteiger partial charge on any atom is 0.240 e. The number of ether oxygens (including phenoxy) is 2. The number of amides is 1. The van der Waals surface area contributed by atoms with Crippen molar-refractivity contribution < 1.29 is 22.7 Å². The van der Waals surface area contributed by atoms with Gasteiger partial charge in [-0.1, -0.05) is 43.7 Å². The third kappa shape index (κ3) is 5.44. The van der Waals surface area contributed by atoms with Crippen LogP contribution in [0.1, 0.15) is 56.2 Å². The number of carbonyl (C=O) groups excluding carboxylic acids is 1. The molecule has 0 aromatic heterocycles. The number of para-hydroxylation sites is 1. The first-order valence-corrected chi connectivity index (χ1v) is 14.4. The van der Waals surface area contributed by atoms with Crippen molar-refractivity contribution in [2.24, 2.45) is 5.41 Å². The van der Waals surface area contributed by atoms with Crippen LogP contribution in [-0.2, 0) is 21.4 Å². The van der Waals surface area contributed by atoms with E-state index in [1.807, 2.05) is 44.2 Å². The highest BCUT2D eigenvalue weighted by Gasteiger charge is 2.38. The van der Waals surface area contributed by atoms with Crippen molar-refractivity contribution in [3.63, 3.8) is 0 Å². The maximum atomic E-state index is 12.9. The zero-order valence-corrected chi connectivity index (χ0v) is 22.4. The molecule has 0 saturated carbocycles. The molecule has 0 atom stereocenters. The van der Waals surface area contributed by atoms with Crippen molar-refractivity contribution in [2.75, 3.05) is 33.0 Å². The maximum absolute atomic E-state index is 12.9. The second-order valence-electron chi connectivity index (χ2n) is 9.75. The molecule has 1 fully saturated rings. The normalized spacial score (nSPS) is 16.4. The lowest BCUT2D eigenvalue weighted by Gasteiger charge is -2.38. The number of sulfonamides is 1. The molecule has 1 saturated heterocycles. The SMILES string of the molecule is CCC(CC)(CN1CCC(=C2c3ccc(OC)cc3COc3ccccc32)CC1)C(=O)NS(C)(=O)=O. The summed E-state index contributed by atoms with van der Waals surface area (Å²) in [6.45, 7) is 6.55. The molecule has 0 unspecified atom stereocenters. The Morgan fingerprint density at radius 3 is 2.42 bits per heavy atom. The molecular formula is C28H36N2O5S. The van der Waals surface area contributed by atoms with Gasteiger partial charge in [-0.05, 0) is 55.0 Å². The molecule has 2 heterocycles. The highest BCUT2D eigenvalue weighted by Crippen LogP contribution is 2.42. The van der Waals surface area contributed by atoms with Gasteiger partial charge in [0, 0.05) is 30.8 Å². The van der Waals surface area contributed by atoms with Gasteiger partial charge in [-0.25, -0.2) is 8.42 Å². The fourth-order valence-corrected chi connectivity index (χ4v) is 5.90. The first kappa shape index (κ1) is 26.2. The molecule has 194 valence electrons. The van der Waals surface area contributed by atoms with Crippen molar-refractivity contribution in [2.45, 2.75) is 46.1 Å². The van der Waals surface area contributed by atoms with Crippen molar-refractivity contribution in [3.05, 3.63) is 64.7 Å². The number of nitrogens with one attached hydrogen (secondary N) is 1. The minimum absolute atomic E-state index is 0.406. The summed E-state index contributed by atoms with van der Waals surface area (Å²) in [5.41, 5.74) is 5.24. The second kappa shape index (κ2) is 10.6. The summed E-state index contributed by atoms with van der Waals surface area (Å²) in [4.78, 5) is 15.2. The van der Waals surface area contributed by atoms with Crippen LogP contribution >= 0.6 is 0 Å². The smallest absolute Gasteiger partial charge is 0.240 e. The van der Waals surface area contributed by atoms with Crippen LogP contribution in [0.4, 0.5) is 0 Å². The number of fused-ring (bicyclic) bond motifs is 2. The van der Waals surface area contributed by atoms with E-state index >= 15 is 0 Å². The number of carbonyl (C=O) groups is 1. The van der Waals surface area contributed by atoms with E-state index in [-0.39, 0.29) is 0 Å². The molecule has 0 bridgehead atoms. The molecule has 8 heteroatoms. The second-order valence-corrected chi connectivity index (χ2v) is 11.5. The number of hydrogen-bond acceptors (Lipinski definition) is 6. The lowest BCUT2D eigenvalue weighted by Crippen LogP contribution is -2.50. The van der Waals surface area contributed by atoms with Crippen LogP contribution in [0.3, 0.4) is 0 Å². The Kier molecular flexibility index (Phi) is 7.76. The number of hydrogen-bond donors (Lipinski definition) is 1. The zero-order valence-electron chi connectivity index (χ0n) is 21.6. The van der Waals surface area contributed by atoms with E-state index < -0.39 is 21.3 Å². The number of nitrogens with zero attached hydrogens (tertiary/aromatic N) is 1. The van der Waals surface area contributed by atoms with Gasteiger partial charge >= 0.3 is 0 Å². The van der Waals surface area contributed by atoms with E-state index in [0.717, 1.165) is 54.8 Å². The highest BCUT2D eigenvalue weighted by molar-refractivity contribution is 7.89. The first-order chi connectivity index (χ1) is 17.2. The van der Waals surface area contributed by atoms with Crippen LogP contribution in [-0.4, -0.2) is 52.2 Å². The largest absolute Gasteiger partial charge is 0.497 e. The Hall–Kier alpha value is -2.84.